The van der Waals surface area contributed by atoms with Crippen LogP contribution in [-0.2, 0) is 14.8 Å². The Hall–Kier alpha value is -3.17. The van der Waals surface area contributed by atoms with Crippen LogP contribution in [0.2, 0.25) is 0 Å². The van der Waals surface area contributed by atoms with Crippen LogP contribution in [0.3, 0.4) is 0 Å². The first-order valence-electron chi connectivity index (χ1n) is 11.5. The number of nitrogens with zero attached hydrogens (tertiary/aromatic N) is 1. The minimum absolute atomic E-state index is 0.00517. The third kappa shape index (κ3) is 6.10. The average molecular weight is 500 g/mol. The standard InChI is InChI=1S/C26H27F2N3O3S/c1-17(18-6-10-20(27)11-7-18)30-26(32)19-8-12-21(13-9-19)31-35(33,34)22-14-15-25(29-16-22)23-4-2-3-5-24(23)28/h2-7,10-11,14-17,19,21,31H,8-9,12-13H2,1H3,(H,30,32)/t17-,19-,21-/m1/s1. The second-order valence-corrected chi connectivity index (χ2v) is 10.5. The lowest BCUT2D eigenvalue weighted by atomic mass is 9.85. The maximum absolute atomic E-state index is 14.0. The lowest BCUT2D eigenvalue weighted by Crippen LogP contribution is -2.41. The van der Waals surface area contributed by atoms with Crippen molar-refractivity contribution in [1.82, 2.24) is 15.0 Å². The molecular weight excluding hydrogens is 472 g/mol. The van der Waals surface area contributed by atoms with Crippen LogP contribution >= 0.6 is 0 Å². The van der Waals surface area contributed by atoms with Gasteiger partial charge in [-0.3, -0.25) is 9.78 Å². The molecule has 0 aliphatic heterocycles. The quantitative estimate of drug-likeness (QED) is 0.492. The van der Waals surface area contributed by atoms with Crippen molar-refractivity contribution in [1.29, 1.82) is 0 Å². The van der Waals surface area contributed by atoms with Crippen molar-refractivity contribution in [3.05, 3.63) is 84.1 Å². The zero-order valence-corrected chi connectivity index (χ0v) is 20.1. The van der Waals surface area contributed by atoms with Gasteiger partial charge in [0.25, 0.3) is 0 Å². The van der Waals surface area contributed by atoms with Gasteiger partial charge >= 0.3 is 0 Å². The molecule has 35 heavy (non-hydrogen) atoms. The van der Waals surface area contributed by atoms with Crippen LogP contribution in [0.4, 0.5) is 8.78 Å². The fourth-order valence-electron chi connectivity index (χ4n) is 4.29. The molecule has 1 aromatic heterocycles. The van der Waals surface area contributed by atoms with Gasteiger partial charge in [0.1, 0.15) is 16.5 Å². The summed E-state index contributed by atoms with van der Waals surface area (Å²) in [5.74, 6) is -1.05. The van der Waals surface area contributed by atoms with E-state index in [1.807, 2.05) is 6.92 Å². The van der Waals surface area contributed by atoms with Crippen molar-refractivity contribution in [2.24, 2.45) is 5.92 Å². The normalized spacial score (nSPS) is 19.2. The van der Waals surface area contributed by atoms with E-state index in [1.165, 1.54) is 36.5 Å². The van der Waals surface area contributed by atoms with E-state index in [9.17, 15) is 22.0 Å². The molecule has 1 aliphatic rings. The highest BCUT2D eigenvalue weighted by Gasteiger charge is 2.30. The summed E-state index contributed by atoms with van der Waals surface area (Å²) in [4.78, 5) is 16.8. The van der Waals surface area contributed by atoms with E-state index < -0.39 is 15.8 Å². The molecule has 1 fully saturated rings. The summed E-state index contributed by atoms with van der Waals surface area (Å²) in [6.07, 6.45) is 3.39. The Morgan fingerprint density at radius 1 is 0.971 bits per heavy atom. The number of carbonyl (C=O) groups excluding carboxylic acids is 1. The summed E-state index contributed by atoms with van der Waals surface area (Å²) < 4.78 is 55.4. The number of hydrogen-bond acceptors (Lipinski definition) is 4. The first kappa shape index (κ1) is 24.9. The molecule has 184 valence electrons. The smallest absolute Gasteiger partial charge is 0.242 e. The van der Waals surface area contributed by atoms with Crippen LogP contribution in [0.1, 0.15) is 44.2 Å². The predicted molar refractivity (Wildman–Crippen MR) is 129 cm³/mol. The SMILES string of the molecule is C[C@@H](NC(=O)[C@H]1CC[C@H](NS(=O)(=O)c2ccc(-c3ccccc3F)nc2)CC1)c1ccc(F)cc1. The topological polar surface area (TPSA) is 88.2 Å². The number of pyridine rings is 1. The highest BCUT2D eigenvalue weighted by atomic mass is 32.2. The maximum atomic E-state index is 14.0. The van der Waals surface area contributed by atoms with Gasteiger partial charge in [-0.2, -0.15) is 0 Å². The van der Waals surface area contributed by atoms with E-state index in [1.54, 1.807) is 30.3 Å². The fourth-order valence-corrected chi connectivity index (χ4v) is 5.54. The number of halogens is 2. The molecule has 0 spiro atoms. The Morgan fingerprint density at radius 3 is 2.29 bits per heavy atom. The number of benzene rings is 2. The molecule has 1 aliphatic carbocycles. The molecule has 1 amide bonds. The van der Waals surface area contributed by atoms with E-state index in [2.05, 4.69) is 15.0 Å². The van der Waals surface area contributed by atoms with Crippen molar-refractivity contribution in [3.63, 3.8) is 0 Å². The molecule has 9 heteroatoms. The first-order valence-corrected chi connectivity index (χ1v) is 13.0. The summed E-state index contributed by atoms with van der Waals surface area (Å²) in [6, 6.07) is 14.5. The number of rotatable bonds is 7. The van der Waals surface area contributed by atoms with Gasteiger partial charge in [0.2, 0.25) is 15.9 Å². The second-order valence-electron chi connectivity index (χ2n) is 8.81. The number of sulfonamides is 1. The van der Waals surface area contributed by atoms with E-state index >= 15 is 0 Å². The van der Waals surface area contributed by atoms with Crippen LogP contribution in [0.25, 0.3) is 11.3 Å². The van der Waals surface area contributed by atoms with Crippen LogP contribution in [-0.4, -0.2) is 25.4 Å². The Kier molecular flexibility index (Phi) is 7.57. The monoisotopic (exact) mass is 499 g/mol. The lowest BCUT2D eigenvalue weighted by Gasteiger charge is -2.29. The number of aromatic nitrogens is 1. The Balaban J connectivity index is 1.31. The van der Waals surface area contributed by atoms with Gasteiger partial charge < -0.3 is 5.32 Å². The summed E-state index contributed by atoms with van der Waals surface area (Å²) in [5, 5.41) is 2.96. The molecule has 3 aromatic rings. The lowest BCUT2D eigenvalue weighted by molar-refractivity contribution is -0.126. The van der Waals surface area contributed by atoms with Crippen molar-refractivity contribution in [2.45, 2.75) is 49.6 Å². The molecule has 6 nitrogen and oxygen atoms in total. The van der Waals surface area contributed by atoms with Gasteiger partial charge in [-0.15, -0.1) is 0 Å². The average Bonchev–Trinajstić information content (AvgIpc) is 2.85. The Bertz CT molecular complexity index is 1270. The highest BCUT2D eigenvalue weighted by Crippen LogP contribution is 2.27. The van der Waals surface area contributed by atoms with Gasteiger partial charge in [-0.25, -0.2) is 21.9 Å². The Labute approximate surface area is 203 Å². The van der Waals surface area contributed by atoms with Gasteiger partial charge in [-0.05, 0) is 74.6 Å². The molecule has 1 heterocycles. The van der Waals surface area contributed by atoms with Crippen LogP contribution in [0.5, 0.6) is 0 Å². The van der Waals surface area contributed by atoms with Crippen molar-refractivity contribution < 1.29 is 22.0 Å². The molecule has 4 rings (SSSR count). The Morgan fingerprint density at radius 2 is 1.66 bits per heavy atom. The number of hydrogen-bond donors (Lipinski definition) is 2. The van der Waals surface area contributed by atoms with Gasteiger partial charge in [0.05, 0.1) is 11.7 Å². The summed E-state index contributed by atoms with van der Waals surface area (Å²) >= 11 is 0. The van der Waals surface area contributed by atoms with Crippen LogP contribution < -0.4 is 10.0 Å². The minimum Gasteiger partial charge on any atom is -0.349 e. The fraction of sp³-hybridized carbons (Fsp3) is 0.308. The third-order valence-corrected chi connectivity index (χ3v) is 7.85. The maximum Gasteiger partial charge on any atom is 0.242 e. The second kappa shape index (κ2) is 10.6. The molecule has 0 unspecified atom stereocenters. The van der Waals surface area contributed by atoms with E-state index in [4.69, 9.17) is 0 Å². The van der Waals surface area contributed by atoms with Crippen LogP contribution in [0.15, 0.2) is 71.8 Å². The number of nitrogens with one attached hydrogen (secondary N) is 2. The van der Waals surface area contributed by atoms with E-state index in [0.29, 0.717) is 36.9 Å². The van der Waals surface area contributed by atoms with E-state index in [-0.39, 0.29) is 34.6 Å². The molecule has 1 saturated carbocycles. The van der Waals surface area contributed by atoms with E-state index in [0.717, 1.165) is 5.56 Å². The highest BCUT2D eigenvalue weighted by molar-refractivity contribution is 7.89. The number of carbonyl (C=O) groups is 1. The van der Waals surface area contributed by atoms with Gasteiger partial charge in [0, 0.05) is 23.7 Å². The molecule has 0 bridgehead atoms. The van der Waals surface area contributed by atoms with Crippen molar-refractivity contribution in [2.75, 3.05) is 0 Å². The molecule has 1 atom stereocenters. The summed E-state index contributed by atoms with van der Waals surface area (Å²) in [7, 11) is -3.80. The van der Waals surface area contributed by atoms with Gasteiger partial charge in [0.15, 0.2) is 0 Å². The molecule has 2 N–H and O–H groups in total. The van der Waals surface area contributed by atoms with Crippen LogP contribution in [0, 0.1) is 17.6 Å². The molecule has 0 radical (unpaired) electrons. The minimum atomic E-state index is -3.80. The predicted octanol–water partition coefficient (Wildman–Crippen LogP) is 4.74. The first-order chi connectivity index (χ1) is 16.7. The van der Waals surface area contributed by atoms with Crippen molar-refractivity contribution in [3.8, 4) is 11.3 Å². The van der Waals surface area contributed by atoms with Crippen molar-refractivity contribution >= 4 is 15.9 Å². The summed E-state index contributed by atoms with van der Waals surface area (Å²) in [5.41, 5.74) is 1.47. The molecular formula is C26H27F2N3O3S. The molecule has 2 aromatic carbocycles. The zero-order chi connectivity index (χ0) is 25.0. The number of amides is 1. The summed E-state index contributed by atoms with van der Waals surface area (Å²) in [6.45, 7) is 1.84. The third-order valence-electron chi connectivity index (χ3n) is 6.35. The largest absolute Gasteiger partial charge is 0.349 e. The van der Waals surface area contributed by atoms with Gasteiger partial charge in [-0.1, -0.05) is 24.3 Å². The zero-order valence-electron chi connectivity index (χ0n) is 19.2. The molecule has 0 saturated heterocycles.